The van der Waals surface area contributed by atoms with Gasteiger partial charge in [0.1, 0.15) is 6.10 Å². The number of anilines is 1. The van der Waals surface area contributed by atoms with Crippen LogP contribution in [0.2, 0.25) is 0 Å². The molecule has 1 amide bonds. The fourth-order valence-electron chi connectivity index (χ4n) is 2.70. The third-order valence-electron chi connectivity index (χ3n) is 4.04. The molecule has 0 saturated carbocycles. The molecular formula is C18H19N5O2. The van der Waals surface area contributed by atoms with E-state index in [1.54, 1.807) is 35.2 Å². The molecule has 1 atom stereocenters. The second kappa shape index (κ2) is 7.18. The van der Waals surface area contributed by atoms with Crippen LogP contribution in [-0.4, -0.2) is 54.3 Å². The summed E-state index contributed by atoms with van der Waals surface area (Å²) in [4.78, 5) is 16.2. The molecule has 1 aliphatic rings. The number of carbonyl (C=O) groups is 1. The molecule has 7 heteroatoms. The molecule has 1 aliphatic heterocycles. The Morgan fingerprint density at radius 3 is 2.84 bits per heavy atom. The van der Waals surface area contributed by atoms with Gasteiger partial charge in [0.25, 0.3) is 5.91 Å². The summed E-state index contributed by atoms with van der Waals surface area (Å²) in [7, 11) is 3.79. The first kappa shape index (κ1) is 16.7. The van der Waals surface area contributed by atoms with Gasteiger partial charge in [0, 0.05) is 38.7 Å². The predicted molar refractivity (Wildman–Crippen MR) is 92.5 cm³/mol. The normalized spacial score (nSPS) is 16.4. The van der Waals surface area contributed by atoms with Crippen LogP contribution in [0.3, 0.4) is 0 Å². The van der Waals surface area contributed by atoms with Gasteiger partial charge in [-0.15, -0.1) is 10.2 Å². The van der Waals surface area contributed by atoms with E-state index in [-0.39, 0.29) is 12.0 Å². The standard InChI is InChI=1S/C18H19N5O2/c1-22(2)16-6-7-17(21-20-16)25-15-8-9-23(12-15)18(24)14-5-3-4-13(10-14)11-19/h3-7,10,15H,8-9,12H2,1-2H3/t15-/m1/s1. The van der Waals surface area contributed by atoms with Crippen molar-refractivity contribution >= 4 is 11.7 Å². The highest BCUT2D eigenvalue weighted by Crippen LogP contribution is 2.19. The molecule has 0 spiro atoms. The van der Waals surface area contributed by atoms with E-state index in [1.807, 2.05) is 25.1 Å². The maximum atomic E-state index is 12.6. The first-order valence-corrected chi connectivity index (χ1v) is 8.04. The highest BCUT2D eigenvalue weighted by atomic mass is 16.5. The Morgan fingerprint density at radius 2 is 2.16 bits per heavy atom. The number of hydrogen-bond donors (Lipinski definition) is 0. The number of aromatic nitrogens is 2. The predicted octanol–water partition coefficient (Wildman–Crippen LogP) is 1.71. The van der Waals surface area contributed by atoms with Crippen molar-refractivity contribution in [1.29, 1.82) is 5.26 Å². The van der Waals surface area contributed by atoms with Crippen LogP contribution in [0.25, 0.3) is 0 Å². The summed E-state index contributed by atoms with van der Waals surface area (Å²) in [5.74, 6) is 1.13. The number of carbonyl (C=O) groups excluding carboxylic acids is 1. The van der Waals surface area contributed by atoms with Gasteiger partial charge in [-0.25, -0.2) is 0 Å². The Bertz CT molecular complexity index is 798. The van der Waals surface area contributed by atoms with Crippen LogP contribution in [0.4, 0.5) is 5.82 Å². The fraction of sp³-hybridized carbons (Fsp3) is 0.333. The smallest absolute Gasteiger partial charge is 0.254 e. The van der Waals surface area contributed by atoms with E-state index in [2.05, 4.69) is 16.3 Å². The van der Waals surface area contributed by atoms with Crippen molar-refractivity contribution in [2.45, 2.75) is 12.5 Å². The molecule has 0 aliphatic carbocycles. The van der Waals surface area contributed by atoms with E-state index >= 15 is 0 Å². The molecular weight excluding hydrogens is 318 g/mol. The lowest BCUT2D eigenvalue weighted by atomic mass is 10.1. The monoisotopic (exact) mass is 337 g/mol. The Hall–Kier alpha value is -3.14. The van der Waals surface area contributed by atoms with Crippen LogP contribution in [0, 0.1) is 11.3 Å². The lowest BCUT2D eigenvalue weighted by Crippen LogP contribution is -2.31. The summed E-state index contributed by atoms with van der Waals surface area (Å²) in [6, 6.07) is 12.4. The van der Waals surface area contributed by atoms with Crippen LogP contribution in [-0.2, 0) is 0 Å². The lowest BCUT2D eigenvalue weighted by molar-refractivity contribution is 0.0771. The average Bonchev–Trinajstić information content (AvgIpc) is 3.10. The summed E-state index contributed by atoms with van der Waals surface area (Å²) in [5, 5.41) is 17.1. The maximum Gasteiger partial charge on any atom is 0.254 e. The molecule has 0 N–H and O–H groups in total. The highest BCUT2D eigenvalue weighted by molar-refractivity contribution is 5.94. The Morgan fingerprint density at radius 1 is 1.32 bits per heavy atom. The van der Waals surface area contributed by atoms with Gasteiger partial charge < -0.3 is 14.5 Å². The molecule has 1 aromatic carbocycles. The van der Waals surface area contributed by atoms with Gasteiger partial charge in [0.2, 0.25) is 5.88 Å². The number of nitrogens with zero attached hydrogens (tertiary/aromatic N) is 5. The van der Waals surface area contributed by atoms with Crippen molar-refractivity contribution in [3.05, 3.63) is 47.5 Å². The van der Waals surface area contributed by atoms with Crippen LogP contribution < -0.4 is 9.64 Å². The number of benzene rings is 1. The molecule has 25 heavy (non-hydrogen) atoms. The molecule has 3 rings (SSSR count). The molecule has 2 aromatic rings. The van der Waals surface area contributed by atoms with E-state index in [4.69, 9.17) is 10.00 Å². The topological polar surface area (TPSA) is 82.4 Å². The van der Waals surface area contributed by atoms with Gasteiger partial charge >= 0.3 is 0 Å². The van der Waals surface area contributed by atoms with Gasteiger partial charge in [-0.3, -0.25) is 4.79 Å². The molecule has 1 fully saturated rings. The van der Waals surface area contributed by atoms with Gasteiger partial charge in [0.05, 0.1) is 18.2 Å². The number of nitriles is 1. The minimum absolute atomic E-state index is 0.0859. The molecule has 128 valence electrons. The minimum atomic E-state index is -0.109. The van der Waals surface area contributed by atoms with Gasteiger partial charge in [-0.1, -0.05) is 6.07 Å². The van der Waals surface area contributed by atoms with Crippen LogP contribution in [0.15, 0.2) is 36.4 Å². The Labute approximate surface area is 146 Å². The van der Waals surface area contributed by atoms with E-state index < -0.39 is 0 Å². The van der Waals surface area contributed by atoms with E-state index in [0.29, 0.717) is 30.1 Å². The molecule has 0 bridgehead atoms. The van der Waals surface area contributed by atoms with Crippen molar-refractivity contribution in [2.24, 2.45) is 0 Å². The van der Waals surface area contributed by atoms with Gasteiger partial charge in [0.15, 0.2) is 5.82 Å². The van der Waals surface area contributed by atoms with Crippen LogP contribution in [0.1, 0.15) is 22.3 Å². The van der Waals surface area contributed by atoms with Gasteiger partial charge in [-0.2, -0.15) is 5.26 Å². The molecule has 2 heterocycles. The molecule has 0 unspecified atom stereocenters. The van der Waals surface area contributed by atoms with Crippen LogP contribution >= 0.6 is 0 Å². The largest absolute Gasteiger partial charge is 0.471 e. The molecule has 1 aromatic heterocycles. The fourth-order valence-corrected chi connectivity index (χ4v) is 2.70. The van der Waals surface area contributed by atoms with Crippen molar-refractivity contribution in [3.8, 4) is 11.9 Å². The minimum Gasteiger partial charge on any atom is -0.471 e. The maximum absolute atomic E-state index is 12.6. The van der Waals surface area contributed by atoms with Crippen molar-refractivity contribution in [3.63, 3.8) is 0 Å². The zero-order valence-electron chi connectivity index (χ0n) is 14.2. The first-order valence-electron chi connectivity index (χ1n) is 8.04. The van der Waals surface area contributed by atoms with E-state index in [1.165, 1.54) is 0 Å². The number of amides is 1. The van der Waals surface area contributed by atoms with Crippen LogP contribution in [0.5, 0.6) is 5.88 Å². The Kier molecular flexibility index (Phi) is 4.80. The number of ether oxygens (including phenoxy) is 1. The van der Waals surface area contributed by atoms with Crippen molar-refractivity contribution in [2.75, 3.05) is 32.1 Å². The molecule has 0 radical (unpaired) electrons. The summed E-state index contributed by atoms with van der Waals surface area (Å²) in [5.41, 5.74) is 1.00. The van der Waals surface area contributed by atoms with E-state index in [0.717, 1.165) is 12.2 Å². The number of hydrogen-bond acceptors (Lipinski definition) is 6. The average molecular weight is 337 g/mol. The SMILES string of the molecule is CN(C)c1ccc(O[C@@H]2CCN(C(=O)c3cccc(C#N)c3)C2)nn1. The van der Waals surface area contributed by atoms with Gasteiger partial charge in [-0.05, 0) is 24.3 Å². The second-order valence-electron chi connectivity index (χ2n) is 6.10. The number of rotatable bonds is 4. The summed E-state index contributed by atoms with van der Waals surface area (Å²) in [6.07, 6.45) is 0.628. The number of likely N-dealkylation sites (tertiary alicyclic amines) is 1. The zero-order chi connectivity index (χ0) is 17.8. The van der Waals surface area contributed by atoms with Crippen molar-refractivity contribution in [1.82, 2.24) is 15.1 Å². The molecule has 1 saturated heterocycles. The summed E-state index contributed by atoms with van der Waals surface area (Å²) >= 11 is 0. The summed E-state index contributed by atoms with van der Waals surface area (Å²) < 4.78 is 5.83. The third-order valence-corrected chi connectivity index (χ3v) is 4.04. The molecule has 7 nitrogen and oxygen atoms in total. The second-order valence-corrected chi connectivity index (χ2v) is 6.10. The third kappa shape index (κ3) is 3.86. The van der Waals surface area contributed by atoms with Crippen molar-refractivity contribution < 1.29 is 9.53 Å². The zero-order valence-corrected chi connectivity index (χ0v) is 14.2. The Balaban J connectivity index is 1.61. The summed E-state index contributed by atoms with van der Waals surface area (Å²) in [6.45, 7) is 1.11. The quantitative estimate of drug-likeness (QED) is 0.845. The lowest BCUT2D eigenvalue weighted by Gasteiger charge is -2.17. The highest BCUT2D eigenvalue weighted by Gasteiger charge is 2.28. The first-order chi connectivity index (χ1) is 12.1. The van der Waals surface area contributed by atoms with E-state index in [9.17, 15) is 4.79 Å².